The number of hydrogen-bond acceptors (Lipinski definition) is 4. The van der Waals surface area contributed by atoms with E-state index >= 15 is 0 Å². The maximum Gasteiger partial charge on any atom is 0.253 e. The number of nitrogens with one attached hydrogen (secondary N) is 1. The molecule has 210 valence electrons. The summed E-state index contributed by atoms with van der Waals surface area (Å²) in [6, 6.07) is 25.4. The van der Waals surface area contributed by atoms with Crippen molar-refractivity contribution in [3.05, 3.63) is 124 Å². The molecule has 0 aliphatic carbocycles. The first-order chi connectivity index (χ1) is 19.9. The van der Waals surface area contributed by atoms with Crippen LogP contribution in [0.15, 0.2) is 91.3 Å². The average molecular weight is 567 g/mol. The molecule has 2 heterocycles. The smallest absolute Gasteiger partial charge is 0.253 e. The monoisotopic (exact) mass is 566 g/mol. The Labute approximate surface area is 247 Å². The zero-order valence-corrected chi connectivity index (χ0v) is 24.4. The van der Waals surface area contributed by atoms with Crippen molar-refractivity contribution >= 4 is 23.4 Å². The molecule has 4 aromatic rings. The van der Waals surface area contributed by atoms with Gasteiger partial charge in [0.05, 0.1) is 6.04 Å². The molecular formula is C34H35ClN4O2. The molecule has 1 saturated heterocycles. The van der Waals surface area contributed by atoms with Gasteiger partial charge in [-0.15, -0.1) is 0 Å². The minimum absolute atomic E-state index is 0.0172. The van der Waals surface area contributed by atoms with Gasteiger partial charge >= 0.3 is 0 Å². The first kappa shape index (κ1) is 28.5. The van der Waals surface area contributed by atoms with E-state index in [-0.39, 0.29) is 17.9 Å². The summed E-state index contributed by atoms with van der Waals surface area (Å²) in [7, 11) is 1.59. The molecule has 1 aliphatic heterocycles. The molecule has 0 spiro atoms. The van der Waals surface area contributed by atoms with Crippen molar-refractivity contribution in [1.82, 2.24) is 20.1 Å². The third kappa shape index (κ3) is 6.34. The molecule has 1 atom stereocenters. The number of piperazine rings is 1. The Balaban J connectivity index is 1.43. The van der Waals surface area contributed by atoms with Crippen LogP contribution in [-0.4, -0.2) is 53.3 Å². The quantitative estimate of drug-likeness (QED) is 0.274. The minimum atomic E-state index is -0.174. The third-order valence-corrected chi connectivity index (χ3v) is 8.06. The zero-order chi connectivity index (χ0) is 28.9. The summed E-state index contributed by atoms with van der Waals surface area (Å²) in [5.74, 6) is 0.176. The number of carbonyl (C=O) groups excluding carboxylic acids is 2. The van der Waals surface area contributed by atoms with Gasteiger partial charge in [-0.2, -0.15) is 0 Å². The van der Waals surface area contributed by atoms with Crippen LogP contribution in [0, 0.1) is 0 Å². The Morgan fingerprint density at radius 3 is 2.34 bits per heavy atom. The molecule has 0 saturated carbocycles. The van der Waals surface area contributed by atoms with Crippen molar-refractivity contribution in [2.75, 3.05) is 26.7 Å². The molecule has 0 bridgehead atoms. The van der Waals surface area contributed by atoms with Crippen LogP contribution < -0.4 is 5.32 Å². The highest BCUT2D eigenvalue weighted by Gasteiger charge is 2.32. The van der Waals surface area contributed by atoms with Crippen LogP contribution >= 0.6 is 11.6 Å². The summed E-state index contributed by atoms with van der Waals surface area (Å²) in [6.07, 6.45) is 3.83. The van der Waals surface area contributed by atoms with Crippen molar-refractivity contribution in [2.45, 2.75) is 32.4 Å². The summed E-state index contributed by atoms with van der Waals surface area (Å²) in [5, 5.41) is 3.30. The summed E-state index contributed by atoms with van der Waals surface area (Å²) in [5.41, 5.74) is 7.07. The normalized spacial score (nSPS) is 15.6. The number of amides is 2. The van der Waals surface area contributed by atoms with Gasteiger partial charge in [0, 0.05) is 67.3 Å². The number of halogens is 1. The molecule has 1 unspecified atom stereocenters. The molecule has 2 amide bonds. The lowest BCUT2D eigenvalue weighted by molar-refractivity contribution is 0.0456. The lowest BCUT2D eigenvalue weighted by Gasteiger charge is -2.42. The molecule has 41 heavy (non-hydrogen) atoms. The number of nitrogens with zero attached hydrogens (tertiary/aromatic N) is 3. The molecular weight excluding hydrogens is 532 g/mol. The van der Waals surface area contributed by atoms with Crippen LogP contribution in [0.25, 0.3) is 11.1 Å². The second kappa shape index (κ2) is 12.7. The molecule has 1 N–H and O–H groups in total. The zero-order valence-electron chi connectivity index (χ0n) is 23.7. The van der Waals surface area contributed by atoms with E-state index in [1.807, 2.05) is 41.6 Å². The van der Waals surface area contributed by atoms with Crippen LogP contribution in [0.2, 0.25) is 5.02 Å². The number of pyridine rings is 1. The van der Waals surface area contributed by atoms with E-state index in [9.17, 15) is 9.59 Å². The fraction of sp³-hybridized carbons (Fsp3) is 0.265. The van der Waals surface area contributed by atoms with Crippen LogP contribution in [0.5, 0.6) is 0 Å². The molecule has 6 nitrogen and oxygen atoms in total. The first-order valence-corrected chi connectivity index (χ1v) is 14.4. The van der Waals surface area contributed by atoms with Gasteiger partial charge in [-0.3, -0.25) is 19.5 Å². The Hall–Kier alpha value is -4.00. The molecule has 1 aromatic heterocycles. The lowest BCUT2D eigenvalue weighted by atomic mass is 9.91. The fourth-order valence-electron chi connectivity index (χ4n) is 5.55. The Kier molecular flexibility index (Phi) is 8.81. The molecule has 0 radical (unpaired) electrons. The Bertz CT molecular complexity index is 1520. The predicted molar refractivity (Wildman–Crippen MR) is 164 cm³/mol. The number of carbonyl (C=O) groups is 2. The van der Waals surface area contributed by atoms with Crippen molar-refractivity contribution in [3.8, 4) is 11.1 Å². The van der Waals surface area contributed by atoms with E-state index in [1.54, 1.807) is 31.3 Å². The van der Waals surface area contributed by atoms with Crippen molar-refractivity contribution in [1.29, 1.82) is 0 Å². The van der Waals surface area contributed by atoms with E-state index in [0.717, 1.165) is 17.7 Å². The summed E-state index contributed by atoms with van der Waals surface area (Å²) < 4.78 is 0. The highest BCUT2D eigenvalue weighted by Crippen LogP contribution is 2.34. The maximum atomic E-state index is 13.6. The summed E-state index contributed by atoms with van der Waals surface area (Å²) in [4.78, 5) is 34.3. The van der Waals surface area contributed by atoms with Crippen molar-refractivity contribution < 1.29 is 9.59 Å². The van der Waals surface area contributed by atoms with E-state index in [1.165, 1.54) is 16.7 Å². The maximum absolute atomic E-state index is 13.6. The second-order valence-electron chi connectivity index (χ2n) is 10.7. The van der Waals surface area contributed by atoms with Crippen LogP contribution in [-0.2, 0) is 6.54 Å². The molecule has 1 fully saturated rings. The van der Waals surface area contributed by atoms with Gasteiger partial charge in [0.15, 0.2) is 0 Å². The number of aromatic nitrogens is 1. The van der Waals surface area contributed by atoms with E-state index in [4.69, 9.17) is 11.6 Å². The van der Waals surface area contributed by atoms with E-state index < -0.39 is 0 Å². The largest absolute Gasteiger partial charge is 0.355 e. The number of rotatable bonds is 7. The number of hydrogen-bond donors (Lipinski definition) is 1. The van der Waals surface area contributed by atoms with Crippen LogP contribution in [0.4, 0.5) is 0 Å². The minimum Gasteiger partial charge on any atom is -0.355 e. The highest BCUT2D eigenvalue weighted by atomic mass is 35.5. The van der Waals surface area contributed by atoms with Gasteiger partial charge in [0.1, 0.15) is 0 Å². The summed E-state index contributed by atoms with van der Waals surface area (Å²) >= 11 is 6.24. The second-order valence-corrected chi connectivity index (χ2v) is 11.2. The standard InChI is InChI=1S/C34H35ClN4O2/c1-23(2)29-6-4-5-7-30(29)31-20-37-17-16-27(31)21-38-18-19-39(22-32(38)24-12-14-28(35)15-13-24)34(41)26-10-8-25(9-11-26)33(40)36-3/h4-17,20,23,32H,18-19,21-22H2,1-3H3,(H,36,40). The SMILES string of the molecule is CNC(=O)c1ccc(C(=O)N2CCN(Cc3ccncc3-c3ccccc3C(C)C)C(c3ccc(Cl)cc3)C2)cc1. The van der Waals surface area contributed by atoms with Gasteiger partial charge in [-0.25, -0.2) is 0 Å². The lowest BCUT2D eigenvalue weighted by Crippen LogP contribution is -2.50. The van der Waals surface area contributed by atoms with Crippen LogP contribution in [0.1, 0.15) is 63.2 Å². The Morgan fingerprint density at radius 2 is 1.63 bits per heavy atom. The predicted octanol–water partition coefficient (Wildman–Crippen LogP) is 6.58. The van der Waals surface area contributed by atoms with Crippen molar-refractivity contribution in [3.63, 3.8) is 0 Å². The van der Waals surface area contributed by atoms with Gasteiger partial charge in [0.25, 0.3) is 11.8 Å². The third-order valence-electron chi connectivity index (χ3n) is 7.81. The molecule has 7 heteroatoms. The summed E-state index contributed by atoms with van der Waals surface area (Å²) in [6.45, 7) is 7.01. The van der Waals surface area contributed by atoms with Gasteiger partial charge in [-0.1, -0.05) is 61.8 Å². The van der Waals surface area contributed by atoms with E-state index in [2.05, 4.69) is 59.4 Å². The first-order valence-electron chi connectivity index (χ1n) is 14.0. The fourth-order valence-corrected chi connectivity index (χ4v) is 5.68. The highest BCUT2D eigenvalue weighted by molar-refractivity contribution is 6.30. The number of benzene rings is 3. The van der Waals surface area contributed by atoms with E-state index in [0.29, 0.717) is 41.7 Å². The van der Waals surface area contributed by atoms with Gasteiger partial charge in [0.2, 0.25) is 0 Å². The Morgan fingerprint density at radius 1 is 0.927 bits per heavy atom. The average Bonchev–Trinajstić information content (AvgIpc) is 3.01. The van der Waals surface area contributed by atoms with Crippen LogP contribution in [0.3, 0.4) is 0 Å². The van der Waals surface area contributed by atoms with Crippen molar-refractivity contribution in [2.24, 2.45) is 0 Å². The van der Waals surface area contributed by atoms with Gasteiger partial charge in [-0.05, 0) is 70.6 Å². The molecule has 5 rings (SSSR count). The molecule has 1 aliphatic rings. The molecule has 3 aromatic carbocycles. The van der Waals surface area contributed by atoms with Gasteiger partial charge < -0.3 is 10.2 Å². The topological polar surface area (TPSA) is 65.5 Å².